The summed E-state index contributed by atoms with van der Waals surface area (Å²) in [6.45, 7) is -0.715. The maximum Gasteiger partial charge on any atom is 0.536 e. The number of phosphoric acid groups is 2. The molecular formula is C25H26N2O14P2. The molecule has 2 aliphatic rings. The van der Waals surface area contributed by atoms with Crippen molar-refractivity contribution in [1.29, 1.82) is 0 Å². The van der Waals surface area contributed by atoms with Gasteiger partial charge in [-0.15, -0.1) is 0 Å². The first kappa shape index (κ1) is 31.0. The molecule has 1 aromatic heterocycles. The summed E-state index contributed by atoms with van der Waals surface area (Å²) in [7, 11) is -10.6. The fourth-order valence-corrected chi connectivity index (χ4v) is 6.69. The van der Waals surface area contributed by atoms with E-state index in [1.54, 1.807) is 0 Å². The number of rotatable bonds is 12. The number of nitrogens with one attached hydrogen (secondary N) is 1. The Hall–Kier alpha value is -3.43. The minimum absolute atomic E-state index is 0.272. The van der Waals surface area contributed by atoms with E-state index in [-0.39, 0.29) is 5.56 Å². The standard InChI is InChI=1S/C25H26N2O14P2/c28-19-11-12-27(25(31)26-19)23-22-21(38-20(39-22)10-9-15-5-2-1-3-6-15)18(37-23)14-36-42(32,33)41-43(34,35)40-17-8-4-7-16(13-17)24(29)30/h1-8,11-13,18,20-23H,9-10,14H2,(H,29,30)(H,32,33)(H,34,35)(H,26,28,31)/t18-,20?,21?,22+,23-/m1/s1. The fraction of sp³-hybridized carbons (Fsp3) is 0.320. The van der Waals surface area contributed by atoms with Gasteiger partial charge in [0.2, 0.25) is 0 Å². The van der Waals surface area contributed by atoms with Crippen LogP contribution < -0.4 is 15.8 Å². The van der Waals surface area contributed by atoms with E-state index in [1.807, 2.05) is 30.3 Å². The van der Waals surface area contributed by atoms with Crippen molar-refractivity contribution in [3.63, 3.8) is 0 Å². The van der Waals surface area contributed by atoms with Crippen molar-refractivity contribution in [3.05, 3.63) is 98.8 Å². The van der Waals surface area contributed by atoms with Gasteiger partial charge in [-0.3, -0.25) is 23.8 Å². The second-order valence-corrected chi connectivity index (χ2v) is 12.4. The Morgan fingerprint density at radius 3 is 2.42 bits per heavy atom. The molecule has 2 aromatic carbocycles. The van der Waals surface area contributed by atoms with E-state index in [4.69, 9.17) is 28.4 Å². The number of carboxylic acid groups (broad SMARTS) is 1. The minimum atomic E-state index is -5.30. The van der Waals surface area contributed by atoms with Crippen LogP contribution in [0.4, 0.5) is 0 Å². The molecule has 0 spiro atoms. The lowest BCUT2D eigenvalue weighted by atomic mass is 10.1. The van der Waals surface area contributed by atoms with E-state index in [0.29, 0.717) is 12.8 Å². The Kier molecular flexibility index (Phi) is 9.13. The van der Waals surface area contributed by atoms with Crippen molar-refractivity contribution >= 4 is 21.6 Å². The zero-order valence-electron chi connectivity index (χ0n) is 22.0. The molecule has 0 amide bonds. The Labute approximate surface area is 242 Å². The molecule has 43 heavy (non-hydrogen) atoms. The van der Waals surface area contributed by atoms with Gasteiger partial charge in [0.25, 0.3) is 5.56 Å². The van der Waals surface area contributed by atoms with Gasteiger partial charge >= 0.3 is 27.3 Å². The summed E-state index contributed by atoms with van der Waals surface area (Å²) < 4.78 is 58.0. The van der Waals surface area contributed by atoms with Crippen LogP contribution in [0, 0.1) is 0 Å². The van der Waals surface area contributed by atoms with Gasteiger partial charge in [-0.25, -0.2) is 18.7 Å². The average Bonchev–Trinajstić information content (AvgIpc) is 3.50. The number of nitrogens with zero attached hydrogens (tertiary/aromatic N) is 1. The highest BCUT2D eigenvalue weighted by atomic mass is 31.3. The lowest BCUT2D eigenvalue weighted by molar-refractivity contribution is -0.153. The predicted molar refractivity (Wildman–Crippen MR) is 144 cm³/mol. The number of H-pyrrole nitrogens is 1. The van der Waals surface area contributed by atoms with Crippen molar-refractivity contribution in [2.75, 3.05) is 6.61 Å². The highest BCUT2D eigenvalue weighted by Crippen LogP contribution is 2.60. The number of carboxylic acids is 1. The van der Waals surface area contributed by atoms with Gasteiger partial charge in [0.15, 0.2) is 12.5 Å². The molecule has 230 valence electrons. The maximum atomic E-state index is 12.6. The quantitative estimate of drug-likeness (QED) is 0.209. The molecule has 7 atom stereocenters. The van der Waals surface area contributed by atoms with Crippen molar-refractivity contribution in [1.82, 2.24) is 9.55 Å². The Morgan fingerprint density at radius 1 is 0.953 bits per heavy atom. The SMILES string of the molecule is O=C(O)c1cccc(OP(=O)(O)OP(=O)(O)OC[C@H]2O[C@@H](n3ccc(=O)[nH]c3=O)[C@H]3OC(CCc4ccccc4)OC23)c1. The third kappa shape index (κ3) is 7.75. The summed E-state index contributed by atoms with van der Waals surface area (Å²) in [5.74, 6) is -1.76. The first-order chi connectivity index (χ1) is 20.4. The number of benzene rings is 2. The number of hydrogen-bond donors (Lipinski definition) is 4. The van der Waals surface area contributed by atoms with E-state index >= 15 is 0 Å². The minimum Gasteiger partial charge on any atom is -0.478 e. The lowest BCUT2D eigenvalue weighted by Crippen LogP contribution is -2.36. The largest absolute Gasteiger partial charge is 0.536 e. The molecule has 0 saturated carbocycles. The Morgan fingerprint density at radius 2 is 1.70 bits per heavy atom. The zero-order valence-corrected chi connectivity index (χ0v) is 23.8. The van der Waals surface area contributed by atoms with Crippen molar-refractivity contribution in [2.45, 2.75) is 43.7 Å². The van der Waals surface area contributed by atoms with Crippen LogP contribution in [0.5, 0.6) is 5.75 Å². The van der Waals surface area contributed by atoms with Crippen LogP contribution in [0.1, 0.15) is 28.6 Å². The number of aromatic carboxylic acids is 1. The third-order valence-corrected chi connectivity index (χ3v) is 9.02. The molecule has 2 fully saturated rings. The van der Waals surface area contributed by atoms with Gasteiger partial charge in [-0.1, -0.05) is 36.4 Å². The summed E-state index contributed by atoms with van der Waals surface area (Å²) in [5, 5.41) is 9.06. The fourth-order valence-electron chi connectivity index (χ4n) is 4.61. The van der Waals surface area contributed by atoms with Gasteiger partial charge in [0.1, 0.15) is 24.1 Å². The molecule has 16 nitrogen and oxygen atoms in total. The van der Waals surface area contributed by atoms with Crippen LogP contribution in [0.15, 0.2) is 76.4 Å². The lowest BCUT2D eigenvalue weighted by Gasteiger charge is -2.22. The Bertz CT molecular complexity index is 1680. The zero-order chi connectivity index (χ0) is 30.8. The summed E-state index contributed by atoms with van der Waals surface area (Å²) >= 11 is 0. The molecule has 18 heteroatoms. The number of phosphoric ester groups is 2. The average molecular weight is 640 g/mol. The summed E-state index contributed by atoms with van der Waals surface area (Å²) in [6, 6.07) is 15.1. The first-order valence-corrected chi connectivity index (χ1v) is 15.7. The van der Waals surface area contributed by atoms with Gasteiger partial charge in [-0.05, 0) is 30.2 Å². The molecule has 2 aliphatic heterocycles. The van der Waals surface area contributed by atoms with Crippen LogP contribution in [-0.4, -0.2) is 61.6 Å². The smallest absolute Gasteiger partial charge is 0.478 e. The second-order valence-electron chi connectivity index (χ2n) is 9.48. The molecule has 0 bridgehead atoms. The van der Waals surface area contributed by atoms with Crippen LogP contribution in [0.25, 0.3) is 0 Å². The number of fused-ring (bicyclic) bond motifs is 1. The van der Waals surface area contributed by atoms with Gasteiger partial charge < -0.3 is 28.7 Å². The topological polar surface area (TPSA) is 222 Å². The number of ether oxygens (including phenoxy) is 3. The normalized spacial score (nSPS) is 25.9. The monoisotopic (exact) mass is 640 g/mol. The maximum absolute atomic E-state index is 12.6. The molecular weight excluding hydrogens is 614 g/mol. The molecule has 2 saturated heterocycles. The number of aryl methyl sites for hydroxylation is 1. The van der Waals surface area contributed by atoms with Crippen LogP contribution in [0.3, 0.4) is 0 Å². The summed E-state index contributed by atoms with van der Waals surface area (Å²) in [6.07, 6.45) is -2.60. The second kappa shape index (κ2) is 12.7. The highest BCUT2D eigenvalue weighted by Gasteiger charge is 2.54. The number of hydrogen-bond acceptors (Lipinski definition) is 11. The molecule has 4 N–H and O–H groups in total. The molecule has 0 radical (unpaired) electrons. The van der Waals surface area contributed by atoms with E-state index in [9.17, 15) is 33.3 Å². The molecule has 4 unspecified atom stereocenters. The highest BCUT2D eigenvalue weighted by molar-refractivity contribution is 7.61. The number of aromatic nitrogens is 2. The molecule has 5 rings (SSSR count). The third-order valence-electron chi connectivity index (χ3n) is 6.45. The summed E-state index contributed by atoms with van der Waals surface area (Å²) in [5.41, 5.74) is -0.676. The number of aromatic amines is 1. The van der Waals surface area contributed by atoms with Crippen LogP contribution in [-0.2, 0) is 38.6 Å². The van der Waals surface area contributed by atoms with E-state index in [1.165, 1.54) is 18.3 Å². The van der Waals surface area contributed by atoms with E-state index in [2.05, 4.69) is 9.29 Å². The van der Waals surface area contributed by atoms with E-state index in [0.717, 1.165) is 28.3 Å². The molecule has 3 aromatic rings. The predicted octanol–water partition coefficient (Wildman–Crippen LogP) is 2.19. The van der Waals surface area contributed by atoms with Gasteiger partial charge in [0, 0.05) is 18.7 Å². The van der Waals surface area contributed by atoms with Crippen molar-refractivity contribution < 1.29 is 56.4 Å². The van der Waals surface area contributed by atoms with Crippen molar-refractivity contribution in [2.24, 2.45) is 0 Å². The molecule has 3 heterocycles. The summed E-state index contributed by atoms with van der Waals surface area (Å²) in [4.78, 5) is 57.5. The van der Waals surface area contributed by atoms with Crippen LogP contribution in [0.2, 0.25) is 0 Å². The van der Waals surface area contributed by atoms with Gasteiger partial charge in [-0.2, -0.15) is 4.31 Å². The van der Waals surface area contributed by atoms with Crippen molar-refractivity contribution in [3.8, 4) is 5.75 Å². The van der Waals surface area contributed by atoms with E-state index < -0.39 is 76.0 Å². The number of carbonyl (C=O) groups is 1. The van der Waals surface area contributed by atoms with Crippen LogP contribution >= 0.6 is 15.6 Å². The van der Waals surface area contributed by atoms with Gasteiger partial charge in [0.05, 0.1) is 12.2 Å². The Balaban J connectivity index is 1.27. The molecule has 0 aliphatic carbocycles. The first-order valence-electron chi connectivity index (χ1n) is 12.8.